The lowest BCUT2D eigenvalue weighted by Gasteiger charge is -2.21. The number of hydrogen-bond donors (Lipinski definition) is 2. The van der Waals surface area contributed by atoms with Crippen LogP contribution in [0.4, 0.5) is 4.79 Å². The highest BCUT2D eigenvalue weighted by Gasteiger charge is 2.20. The SMILES string of the molecule is COC(=O)[C@H](CC(C)C)NCCNC(=O)OC(C)(C)C. The van der Waals surface area contributed by atoms with Gasteiger partial charge in [0.05, 0.1) is 7.11 Å². The normalized spacial score (nSPS) is 12.9. The molecule has 0 aliphatic heterocycles. The number of methoxy groups -OCH3 is 1. The molecule has 0 saturated heterocycles. The average molecular weight is 288 g/mol. The summed E-state index contributed by atoms with van der Waals surface area (Å²) in [7, 11) is 1.37. The van der Waals surface area contributed by atoms with Gasteiger partial charge < -0.3 is 20.1 Å². The maximum Gasteiger partial charge on any atom is 0.407 e. The molecule has 20 heavy (non-hydrogen) atoms. The van der Waals surface area contributed by atoms with Gasteiger partial charge in [0, 0.05) is 13.1 Å². The number of nitrogens with one attached hydrogen (secondary N) is 2. The van der Waals surface area contributed by atoms with Crippen molar-refractivity contribution < 1.29 is 19.1 Å². The van der Waals surface area contributed by atoms with Crippen molar-refractivity contribution in [2.45, 2.75) is 52.7 Å². The first-order valence-electron chi connectivity index (χ1n) is 6.93. The smallest absolute Gasteiger partial charge is 0.407 e. The number of carbonyl (C=O) groups is 2. The van der Waals surface area contributed by atoms with Gasteiger partial charge in [-0.3, -0.25) is 4.79 Å². The van der Waals surface area contributed by atoms with Crippen LogP contribution in [0.5, 0.6) is 0 Å². The molecule has 0 spiro atoms. The highest BCUT2D eigenvalue weighted by atomic mass is 16.6. The maximum absolute atomic E-state index is 11.6. The van der Waals surface area contributed by atoms with Gasteiger partial charge in [0.2, 0.25) is 0 Å². The van der Waals surface area contributed by atoms with Crippen molar-refractivity contribution in [1.82, 2.24) is 10.6 Å². The van der Waals surface area contributed by atoms with E-state index in [1.165, 1.54) is 7.11 Å². The number of carbonyl (C=O) groups excluding carboxylic acids is 2. The summed E-state index contributed by atoms with van der Waals surface area (Å²) in [4.78, 5) is 23.0. The third kappa shape index (κ3) is 9.61. The quantitative estimate of drug-likeness (QED) is 0.550. The highest BCUT2D eigenvalue weighted by Crippen LogP contribution is 2.07. The van der Waals surface area contributed by atoms with Crippen molar-refractivity contribution in [2.75, 3.05) is 20.2 Å². The molecule has 0 aliphatic carbocycles. The van der Waals surface area contributed by atoms with E-state index >= 15 is 0 Å². The minimum atomic E-state index is -0.510. The van der Waals surface area contributed by atoms with Crippen LogP contribution >= 0.6 is 0 Å². The van der Waals surface area contributed by atoms with E-state index in [1.54, 1.807) is 20.8 Å². The van der Waals surface area contributed by atoms with Crippen molar-refractivity contribution in [3.8, 4) is 0 Å². The molecule has 6 nitrogen and oxygen atoms in total. The summed E-state index contributed by atoms with van der Waals surface area (Å²) < 4.78 is 9.85. The van der Waals surface area contributed by atoms with E-state index in [0.717, 1.165) is 0 Å². The molecule has 0 radical (unpaired) electrons. The predicted octanol–water partition coefficient (Wildman–Crippen LogP) is 1.69. The number of ether oxygens (including phenoxy) is 2. The second-order valence-corrected chi connectivity index (χ2v) is 6.09. The third-order valence-electron chi connectivity index (χ3n) is 2.38. The first-order valence-corrected chi connectivity index (χ1v) is 6.93. The van der Waals surface area contributed by atoms with E-state index in [0.29, 0.717) is 25.4 Å². The van der Waals surface area contributed by atoms with Crippen molar-refractivity contribution >= 4 is 12.1 Å². The summed E-state index contributed by atoms with van der Waals surface area (Å²) in [6.07, 6.45) is 0.233. The molecule has 0 aliphatic rings. The molecule has 0 rings (SSSR count). The Morgan fingerprint density at radius 2 is 1.75 bits per heavy atom. The first kappa shape index (κ1) is 18.7. The summed E-state index contributed by atoms with van der Waals surface area (Å²) in [5, 5.41) is 5.70. The predicted molar refractivity (Wildman–Crippen MR) is 77.5 cm³/mol. The van der Waals surface area contributed by atoms with Gasteiger partial charge in [-0.2, -0.15) is 0 Å². The Morgan fingerprint density at radius 3 is 2.20 bits per heavy atom. The Balaban J connectivity index is 4.00. The molecule has 0 aromatic rings. The Kier molecular flexibility index (Phi) is 8.22. The fraction of sp³-hybridized carbons (Fsp3) is 0.857. The molecule has 6 heteroatoms. The van der Waals surface area contributed by atoms with Crippen LogP contribution in [-0.4, -0.2) is 43.9 Å². The van der Waals surface area contributed by atoms with Gasteiger partial charge >= 0.3 is 12.1 Å². The number of hydrogen-bond acceptors (Lipinski definition) is 5. The molecule has 0 aromatic carbocycles. The fourth-order valence-corrected chi connectivity index (χ4v) is 1.60. The second-order valence-electron chi connectivity index (χ2n) is 6.09. The Hall–Kier alpha value is -1.30. The van der Waals surface area contributed by atoms with Crippen molar-refractivity contribution in [3.05, 3.63) is 0 Å². The molecular formula is C14H28N2O4. The Labute approximate surface area is 121 Å². The van der Waals surface area contributed by atoms with E-state index in [-0.39, 0.29) is 12.0 Å². The molecule has 1 amide bonds. The van der Waals surface area contributed by atoms with Crippen LogP contribution in [0, 0.1) is 5.92 Å². The van der Waals surface area contributed by atoms with Gasteiger partial charge in [-0.1, -0.05) is 13.8 Å². The molecule has 1 atom stereocenters. The van der Waals surface area contributed by atoms with Crippen molar-refractivity contribution in [2.24, 2.45) is 5.92 Å². The van der Waals surface area contributed by atoms with Crippen LogP contribution < -0.4 is 10.6 Å². The second kappa shape index (κ2) is 8.79. The largest absolute Gasteiger partial charge is 0.468 e. The van der Waals surface area contributed by atoms with Crippen LogP contribution in [0.3, 0.4) is 0 Å². The molecule has 0 aromatic heterocycles. The molecular weight excluding hydrogens is 260 g/mol. The molecule has 2 N–H and O–H groups in total. The molecule has 118 valence electrons. The average Bonchev–Trinajstić information content (AvgIpc) is 2.29. The molecule has 0 unspecified atom stereocenters. The van der Waals surface area contributed by atoms with Gasteiger partial charge in [0.25, 0.3) is 0 Å². The summed E-state index contributed by atoms with van der Waals surface area (Å²) >= 11 is 0. The standard InChI is InChI=1S/C14H28N2O4/c1-10(2)9-11(12(17)19-6)15-7-8-16-13(18)20-14(3,4)5/h10-11,15H,7-9H2,1-6H3,(H,16,18)/t11-/m0/s1. The summed E-state index contributed by atoms with van der Waals surface area (Å²) in [6, 6.07) is -0.347. The van der Waals surface area contributed by atoms with E-state index < -0.39 is 11.7 Å². The van der Waals surface area contributed by atoms with E-state index in [2.05, 4.69) is 10.6 Å². The van der Waals surface area contributed by atoms with Gasteiger partial charge in [0.15, 0.2) is 0 Å². The van der Waals surface area contributed by atoms with Crippen LogP contribution in [0.25, 0.3) is 0 Å². The molecule has 0 fully saturated rings. The third-order valence-corrected chi connectivity index (χ3v) is 2.38. The van der Waals surface area contributed by atoms with Crippen LogP contribution in [0.15, 0.2) is 0 Å². The molecule has 0 saturated carbocycles. The Bertz CT molecular complexity index is 311. The van der Waals surface area contributed by atoms with Gasteiger partial charge in [0.1, 0.15) is 11.6 Å². The fourth-order valence-electron chi connectivity index (χ4n) is 1.60. The summed E-state index contributed by atoms with van der Waals surface area (Å²) in [6.45, 7) is 10.4. The summed E-state index contributed by atoms with van der Waals surface area (Å²) in [5.74, 6) is 0.0985. The summed E-state index contributed by atoms with van der Waals surface area (Å²) in [5.41, 5.74) is -0.510. The van der Waals surface area contributed by atoms with E-state index in [1.807, 2.05) is 13.8 Å². The number of rotatable bonds is 7. The Morgan fingerprint density at radius 1 is 1.15 bits per heavy atom. The van der Waals surface area contributed by atoms with Crippen molar-refractivity contribution in [1.29, 1.82) is 0 Å². The van der Waals surface area contributed by atoms with Crippen LogP contribution in [0.2, 0.25) is 0 Å². The minimum Gasteiger partial charge on any atom is -0.468 e. The zero-order valence-electron chi connectivity index (χ0n) is 13.4. The first-order chi connectivity index (χ1) is 9.15. The number of amides is 1. The maximum atomic E-state index is 11.6. The van der Waals surface area contributed by atoms with Gasteiger partial charge in [-0.05, 0) is 33.1 Å². The lowest BCUT2D eigenvalue weighted by Crippen LogP contribution is -2.43. The van der Waals surface area contributed by atoms with Gasteiger partial charge in [-0.15, -0.1) is 0 Å². The van der Waals surface area contributed by atoms with E-state index in [9.17, 15) is 9.59 Å². The van der Waals surface area contributed by atoms with Crippen molar-refractivity contribution in [3.63, 3.8) is 0 Å². The van der Waals surface area contributed by atoms with E-state index in [4.69, 9.17) is 9.47 Å². The molecule has 0 bridgehead atoms. The highest BCUT2D eigenvalue weighted by molar-refractivity contribution is 5.75. The zero-order valence-corrected chi connectivity index (χ0v) is 13.4. The zero-order chi connectivity index (χ0) is 15.8. The molecule has 0 heterocycles. The number of esters is 1. The topological polar surface area (TPSA) is 76.7 Å². The number of alkyl carbamates (subject to hydrolysis) is 1. The monoisotopic (exact) mass is 288 g/mol. The van der Waals surface area contributed by atoms with Gasteiger partial charge in [-0.25, -0.2) is 4.79 Å². The van der Waals surface area contributed by atoms with Crippen LogP contribution in [-0.2, 0) is 14.3 Å². The minimum absolute atomic E-state index is 0.282. The van der Waals surface area contributed by atoms with Crippen LogP contribution in [0.1, 0.15) is 41.0 Å². The lowest BCUT2D eigenvalue weighted by molar-refractivity contribution is -0.143. The lowest BCUT2D eigenvalue weighted by atomic mass is 10.0.